The zero-order valence-electron chi connectivity index (χ0n) is 16.0. The number of aryl methyl sites for hydroxylation is 1. The summed E-state index contributed by atoms with van der Waals surface area (Å²) in [7, 11) is -3.76. The van der Waals surface area contributed by atoms with Crippen LogP contribution in [0.4, 0.5) is 16.5 Å². The zero-order valence-corrected chi connectivity index (χ0v) is 17.6. The van der Waals surface area contributed by atoms with Gasteiger partial charge < -0.3 is 9.64 Å². The van der Waals surface area contributed by atoms with Crippen molar-refractivity contribution in [1.82, 2.24) is 4.98 Å². The highest BCUT2D eigenvalue weighted by atomic mass is 32.2. The number of hydrogen-bond acceptors (Lipinski definition) is 7. The lowest BCUT2D eigenvalue weighted by Crippen LogP contribution is -2.29. The topological polar surface area (TPSA) is 88.6 Å². The first-order valence-electron chi connectivity index (χ1n) is 9.64. The Morgan fingerprint density at radius 3 is 2.87 bits per heavy atom. The van der Waals surface area contributed by atoms with Gasteiger partial charge in [0, 0.05) is 35.3 Å². The predicted molar refractivity (Wildman–Crippen MR) is 116 cm³/mol. The molecule has 1 aliphatic carbocycles. The van der Waals surface area contributed by atoms with Crippen LogP contribution >= 0.6 is 11.3 Å². The number of carbonyl (C=O) groups is 1. The number of fused-ring (bicyclic) bond motifs is 2. The molecule has 1 aromatic heterocycles. The molecular weight excluding hydrogens is 422 g/mol. The fraction of sp³-hybridized carbons (Fsp3) is 0.238. The Morgan fingerprint density at radius 2 is 2.03 bits per heavy atom. The first-order valence-corrected chi connectivity index (χ1v) is 12.0. The highest BCUT2D eigenvalue weighted by Gasteiger charge is 2.25. The minimum Gasteiger partial charge on any atom is -0.489 e. The standard InChI is InChI=1S/C21H19N3O4S2/c25-19-3-1-2-14-4-5-15(12-17(14)19)24-9-10-28-20-13-16(6-7-18(20)24)30(26,27)23-21-22-8-11-29-21/h4-8,11-13H,1-3,9-10H2,(H,22,23). The average Bonchev–Trinajstić information content (AvgIpc) is 3.25. The van der Waals surface area contributed by atoms with E-state index < -0.39 is 10.0 Å². The third-order valence-corrected chi connectivity index (χ3v) is 7.47. The summed E-state index contributed by atoms with van der Waals surface area (Å²) in [6.45, 7) is 1.03. The first kappa shape index (κ1) is 19.1. The Kier molecular flexibility index (Phi) is 4.71. The maximum absolute atomic E-state index is 12.7. The van der Waals surface area contributed by atoms with Crippen LogP contribution in [-0.2, 0) is 16.4 Å². The van der Waals surface area contributed by atoms with Crippen LogP contribution < -0.4 is 14.4 Å². The number of aromatic nitrogens is 1. The first-order chi connectivity index (χ1) is 14.5. The highest BCUT2D eigenvalue weighted by molar-refractivity contribution is 7.93. The quantitative estimate of drug-likeness (QED) is 0.659. The van der Waals surface area contributed by atoms with Crippen molar-refractivity contribution in [2.24, 2.45) is 0 Å². The monoisotopic (exact) mass is 441 g/mol. The number of thiazole rings is 1. The molecule has 0 saturated heterocycles. The van der Waals surface area contributed by atoms with E-state index in [0.29, 0.717) is 30.5 Å². The number of nitrogens with one attached hydrogen (secondary N) is 1. The minimum atomic E-state index is -3.76. The van der Waals surface area contributed by atoms with Crippen molar-refractivity contribution in [3.63, 3.8) is 0 Å². The number of hydrogen-bond donors (Lipinski definition) is 1. The van der Waals surface area contributed by atoms with Gasteiger partial charge in [-0.3, -0.25) is 9.52 Å². The van der Waals surface area contributed by atoms with Gasteiger partial charge in [0.2, 0.25) is 0 Å². The second-order valence-corrected chi connectivity index (χ2v) is 9.77. The number of Topliss-reactive ketones (excluding diaryl/α,β-unsaturated/α-hetero) is 1. The summed E-state index contributed by atoms with van der Waals surface area (Å²) in [5.41, 5.74) is 3.57. The molecule has 2 heterocycles. The lowest BCUT2D eigenvalue weighted by atomic mass is 9.90. The fourth-order valence-electron chi connectivity index (χ4n) is 3.87. The Balaban J connectivity index is 1.48. The van der Waals surface area contributed by atoms with Gasteiger partial charge in [-0.1, -0.05) is 6.07 Å². The third kappa shape index (κ3) is 3.44. The molecule has 5 rings (SSSR count). The van der Waals surface area contributed by atoms with Crippen molar-refractivity contribution in [1.29, 1.82) is 0 Å². The average molecular weight is 442 g/mol. The van der Waals surface area contributed by atoms with E-state index in [4.69, 9.17) is 4.74 Å². The van der Waals surface area contributed by atoms with E-state index >= 15 is 0 Å². The summed E-state index contributed by atoms with van der Waals surface area (Å²) in [5, 5.41) is 2.02. The van der Waals surface area contributed by atoms with Crippen LogP contribution in [0.1, 0.15) is 28.8 Å². The van der Waals surface area contributed by atoms with Crippen molar-refractivity contribution in [3.05, 3.63) is 59.1 Å². The molecule has 0 spiro atoms. The number of anilines is 3. The molecule has 0 bridgehead atoms. The molecule has 9 heteroatoms. The summed E-state index contributed by atoms with van der Waals surface area (Å²) in [5.74, 6) is 0.675. The number of benzene rings is 2. The van der Waals surface area contributed by atoms with Gasteiger partial charge in [0.05, 0.1) is 17.1 Å². The van der Waals surface area contributed by atoms with Crippen LogP contribution in [0.5, 0.6) is 5.75 Å². The molecule has 7 nitrogen and oxygen atoms in total. The molecule has 2 aromatic carbocycles. The Bertz CT molecular complexity index is 1220. The number of carbonyl (C=O) groups excluding carboxylic acids is 1. The maximum atomic E-state index is 12.7. The number of ketones is 1. The highest BCUT2D eigenvalue weighted by Crippen LogP contribution is 2.39. The molecule has 0 radical (unpaired) electrons. The molecule has 3 aromatic rings. The zero-order chi connectivity index (χ0) is 20.7. The maximum Gasteiger partial charge on any atom is 0.263 e. The van der Waals surface area contributed by atoms with Crippen molar-refractivity contribution in [2.45, 2.75) is 24.2 Å². The molecule has 0 amide bonds. The molecular formula is C21H19N3O4S2. The molecule has 154 valence electrons. The Hall–Kier alpha value is -2.91. The van der Waals surface area contributed by atoms with E-state index in [9.17, 15) is 13.2 Å². The van der Waals surface area contributed by atoms with Gasteiger partial charge in [0.15, 0.2) is 10.9 Å². The lowest BCUT2D eigenvalue weighted by molar-refractivity contribution is 0.0972. The van der Waals surface area contributed by atoms with Crippen LogP contribution in [-0.4, -0.2) is 32.3 Å². The Morgan fingerprint density at radius 1 is 1.13 bits per heavy atom. The summed E-state index contributed by atoms with van der Waals surface area (Å²) in [4.78, 5) is 18.5. The molecule has 1 aliphatic heterocycles. The summed E-state index contributed by atoms with van der Waals surface area (Å²) in [6, 6.07) is 10.8. The van der Waals surface area contributed by atoms with Crippen LogP contribution in [0.3, 0.4) is 0 Å². The summed E-state index contributed by atoms with van der Waals surface area (Å²) < 4.78 is 33.6. The number of rotatable bonds is 4. The van der Waals surface area contributed by atoms with Crippen LogP contribution in [0, 0.1) is 0 Å². The van der Waals surface area contributed by atoms with Gasteiger partial charge >= 0.3 is 0 Å². The number of sulfonamides is 1. The van der Waals surface area contributed by atoms with Gasteiger partial charge in [0.1, 0.15) is 12.4 Å². The molecule has 0 unspecified atom stereocenters. The van der Waals surface area contributed by atoms with Crippen molar-refractivity contribution >= 4 is 43.6 Å². The van der Waals surface area contributed by atoms with Crippen LogP contribution in [0.15, 0.2) is 52.9 Å². The molecule has 1 N–H and O–H groups in total. The van der Waals surface area contributed by atoms with Crippen LogP contribution in [0.25, 0.3) is 0 Å². The normalized spacial score (nSPS) is 15.9. The van der Waals surface area contributed by atoms with E-state index in [1.807, 2.05) is 18.2 Å². The number of nitrogens with zero attached hydrogens (tertiary/aromatic N) is 2. The van der Waals surface area contributed by atoms with Gasteiger partial charge in [-0.2, -0.15) is 0 Å². The second kappa shape index (κ2) is 7.41. The molecule has 0 fully saturated rings. The molecule has 2 aliphatic rings. The van der Waals surface area contributed by atoms with Gasteiger partial charge in [-0.05, 0) is 42.7 Å². The fourth-order valence-corrected chi connectivity index (χ4v) is 5.67. The molecule has 0 atom stereocenters. The summed E-state index contributed by atoms with van der Waals surface area (Å²) in [6.07, 6.45) is 3.95. The smallest absolute Gasteiger partial charge is 0.263 e. The van der Waals surface area contributed by atoms with Gasteiger partial charge in [-0.25, -0.2) is 13.4 Å². The Labute approximate surface area is 178 Å². The van der Waals surface area contributed by atoms with Crippen molar-refractivity contribution < 1.29 is 17.9 Å². The molecule has 0 saturated carbocycles. The van der Waals surface area contributed by atoms with Gasteiger partial charge in [0.25, 0.3) is 10.0 Å². The van der Waals surface area contributed by atoms with E-state index in [0.717, 1.165) is 35.3 Å². The van der Waals surface area contributed by atoms with E-state index in [2.05, 4.69) is 14.6 Å². The SMILES string of the molecule is O=C1CCCc2ccc(N3CCOc4cc(S(=O)(=O)Nc5nccs5)ccc43)cc21. The molecule has 30 heavy (non-hydrogen) atoms. The van der Waals surface area contributed by atoms with Crippen molar-refractivity contribution in [3.8, 4) is 5.75 Å². The largest absolute Gasteiger partial charge is 0.489 e. The van der Waals surface area contributed by atoms with E-state index in [1.54, 1.807) is 23.7 Å². The van der Waals surface area contributed by atoms with Gasteiger partial charge in [-0.15, -0.1) is 11.3 Å². The minimum absolute atomic E-state index is 0.110. The van der Waals surface area contributed by atoms with Crippen LogP contribution in [0.2, 0.25) is 0 Å². The van der Waals surface area contributed by atoms with E-state index in [-0.39, 0.29) is 10.7 Å². The number of ether oxygens (including phenoxy) is 1. The van der Waals surface area contributed by atoms with Crippen molar-refractivity contribution in [2.75, 3.05) is 22.8 Å². The third-order valence-electron chi connectivity index (χ3n) is 5.31. The predicted octanol–water partition coefficient (Wildman–Crippen LogP) is 3.99. The van der Waals surface area contributed by atoms with E-state index in [1.165, 1.54) is 17.4 Å². The lowest BCUT2D eigenvalue weighted by Gasteiger charge is -2.32. The summed E-state index contributed by atoms with van der Waals surface area (Å²) >= 11 is 1.21. The second-order valence-electron chi connectivity index (χ2n) is 7.19.